The lowest BCUT2D eigenvalue weighted by Gasteiger charge is -2.25. The van der Waals surface area contributed by atoms with Crippen LogP contribution in [0, 0.1) is 12.8 Å². The number of pyridine rings is 1. The number of aromatic nitrogens is 1. The molecule has 1 atom stereocenters. The number of ether oxygens (including phenoxy) is 2. The van der Waals surface area contributed by atoms with Crippen molar-refractivity contribution in [2.24, 2.45) is 5.92 Å². The summed E-state index contributed by atoms with van der Waals surface area (Å²) in [6.45, 7) is 6.77. The first kappa shape index (κ1) is 23.6. The minimum Gasteiger partial charge on any atom is -0.493 e. The number of carbonyl (C=O) groups is 1. The van der Waals surface area contributed by atoms with Crippen molar-refractivity contribution in [3.63, 3.8) is 0 Å². The Labute approximate surface area is 209 Å². The quantitative estimate of drug-likeness (QED) is 0.336. The predicted octanol–water partition coefficient (Wildman–Crippen LogP) is 5.68. The molecule has 1 amide bonds. The summed E-state index contributed by atoms with van der Waals surface area (Å²) in [5.41, 5.74) is 2.08. The fourth-order valence-electron chi connectivity index (χ4n) is 4.45. The van der Waals surface area contributed by atoms with Crippen LogP contribution in [0.15, 0.2) is 70.0 Å². The fraction of sp³-hybridized carbons (Fsp3) is 0.276. The summed E-state index contributed by atoms with van der Waals surface area (Å²) in [5.74, 6) is 1.70. The molecule has 0 saturated carbocycles. The van der Waals surface area contributed by atoms with Crippen molar-refractivity contribution in [2.45, 2.75) is 33.2 Å². The number of nitrogens with zero attached hydrogens (tertiary/aromatic N) is 2. The van der Waals surface area contributed by atoms with Crippen LogP contribution in [0.2, 0.25) is 0 Å². The van der Waals surface area contributed by atoms with E-state index in [1.807, 2.05) is 31.2 Å². The number of carbonyl (C=O) groups excluding carboxylic acids is 1. The number of hydrogen-bond acceptors (Lipinski definition) is 6. The lowest BCUT2D eigenvalue weighted by Crippen LogP contribution is -2.30. The van der Waals surface area contributed by atoms with Crippen LogP contribution in [0.3, 0.4) is 0 Å². The van der Waals surface area contributed by atoms with Crippen LogP contribution < -0.4 is 19.8 Å². The molecular weight excluding hydrogens is 456 g/mol. The van der Waals surface area contributed by atoms with E-state index in [1.165, 1.54) is 4.90 Å². The third-order valence-corrected chi connectivity index (χ3v) is 6.38. The molecular formula is C29H28N2O5. The molecule has 2 aromatic heterocycles. The third kappa shape index (κ3) is 4.11. The summed E-state index contributed by atoms with van der Waals surface area (Å²) in [7, 11) is 1.57. The average molecular weight is 485 g/mol. The second kappa shape index (κ2) is 9.49. The molecule has 36 heavy (non-hydrogen) atoms. The van der Waals surface area contributed by atoms with Crippen LogP contribution in [-0.4, -0.2) is 24.6 Å². The second-order valence-corrected chi connectivity index (χ2v) is 9.38. The number of hydrogen-bond donors (Lipinski definition) is 0. The van der Waals surface area contributed by atoms with Crippen LogP contribution in [-0.2, 0) is 0 Å². The van der Waals surface area contributed by atoms with Crippen LogP contribution in [0.5, 0.6) is 11.5 Å². The van der Waals surface area contributed by atoms with Crippen molar-refractivity contribution < 1.29 is 18.7 Å². The standard InChI is InChI=1S/C29H28N2O5/c1-17(2)13-14-35-22-11-10-19(15-23(22)34-4)26-25-27(32)20-7-5-6-8-21(20)36-28(25)29(33)31(26)24-12-9-18(3)16-30-24/h5-12,15-17,26H,13-14H2,1-4H3/t26-/m1/s1. The smallest absolute Gasteiger partial charge is 0.296 e. The van der Waals surface area contributed by atoms with Gasteiger partial charge in [-0.15, -0.1) is 0 Å². The van der Waals surface area contributed by atoms with Crippen LogP contribution >= 0.6 is 0 Å². The molecule has 0 spiro atoms. The van der Waals surface area contributed by atoms with Crippen LogP contribution in [0.4, 0.5) is 5.82 Å². The largest absolute Gasteiger partial charge is 0.493 e. The molecule has 0 N–H and O–H groups in total. The Balaban J connectivity index is 1.67. The van der Waals surface area contributed by atoms with Gasteiger partial charge in [0.15, 0.2) is 16.9 Å². The summed E-state index contributed by atoms with van der Waals surface area (Å²) in [6, 6.07) is 15.4. The number of aryl methyl sites for hydroxylation is 1. The van der Waals surface area contributed by atoms with E-state index in [1.54, 1.807) is 43.6 Å². The molecule has 0 unspecified atom stereocenters. The van der Waals surface area contributed by atoms with E-state index in [0.29, 0.717) is 46.4 Å². The molecule has 5 rings (SSSR count). The summed E-state index contributed by atoms with van der Waals surface area (Å²) in [6.07, 6.45) is 2.61. The van der Waals surface area contributed by atoms with E-state index in [-0.39, 0.29) is 16.8 Å². The van der Waals surface area contributed by atoms with Crippen LogP contribution in [0.1, 0.15) is 53.6 Å². The van der Waals surface area contributed by atoms with Gasteiger partial charge in [0.25, 0.3) is 5.91 Å². The van der Waals surface area contributed by atoms with Gasteiger partial charge in [-0.25, -0.2) is 4.98 Å². The third-order valence-electron chi connectivity index (χ3n) is 6.38. The molecule has 1 aliphatic heterocycles. The SMILES string of the molecule is COc1cc([C@@H]2c3c(oc4ccccc4c3=O)C(=O)N2c2ccc(C)cn2)ccc1OCCC(C)C. The maximum absolute atomic E-state index is 13.7. The first-order chi connectivity index (χ1) is 17.4. The Bertz CT molecular complexity index is 1490. The van der Waals surface area contributed by atoms with Crippen molar-refractivity contribution in [1.82, 2.24) is 4.98 Å². The number of anilines is 1. The van der Waals surface area contributed by atoms with E-state index in [9.17, 15) is 9.59 Å². The monoisotopic (exact) mass is 484 g/mol. The Morgan fingerprint density at radius 1 is 1.06 bits per heavy atom. The number of amides is 1. The van der Waals surface area contributed by atoms with Crippen molar-refractivity contribution in [1.29, 1.82) is 0 Å². The Morgan fingerprint density at radius 3 is 2.58 bits per heavy atom. The molecule has 0 bridgehead atoms. The lowest BCUT2D eigenvalue weighted by atomic mass is 9.98. The van der Waals surface area contributed by atoms with Crippen molar-refractivity contribution in [2.75, 3.05) is 18.6 Å². The molecule has 4 aromatic rings. The van der Waals surface area contributed by atoms with Gasteiger partial charge in [-0.2, -0.15) is 0 Å². The Hall–Kier alpha value is -4.13. The van der Waals surface area contributed by atoms with Gasteiger partial charge in [0, 0.05) is 6.20 Å². The first-order valence-corrected chi connectivity index (χ1v) is 12.0. The Kier molecular flexibility index (Phi) is 6.22. The summed E-state index contributed by atoms with van der Waals surface area (Å²) in [5, 5.41) is 0.424. The number of para-hydroxylation sites is 1. The molecule has 7 heteroatoms. The van der Waals surface area contributed by atoms with Gasteiger partial charge in [-0.05, 0) is 60.7 Å². The number of methoxy groups -OCH3 is 1. The summed E-state index contributed by atoms with van der Waals surface area (Å²) < 4.78 is 17.6. The molecule has 7 nitrogen and oxygen atoms in total. The number of benzene rings is 2. The van der Waals surface area contributed by atoms with Gasteiger partial charge in [-0.1, -0.05) is 38.1 Å². The van der Waals surface area contributed by atoms with Gasteiger partial charge in [0.1, 0.15) is 11.4 Å². The fourth-order valence-corrected chi connectivity index (χ4v) is 4.45. The first-order valence-electron chi connectivity index (χ1n) is 12.0. The van der Waals surface area contributed by atoms with E-state index in [4.69, 9.17) is 13.9 Å². The van der Waals surface area contributed by atoms with E-state index in [2.05, 4.69) is 18.8 Å². The molecule has 0 fully saturated rings. The van der Waals surface area contributed by atoms with Gasteiger partial charge >= 0.3 is 0 Å². The average Bonchev–Trinajstić information content (AvgIpc) is 3.17. The van der Waals surface area contributed by atoms with E-state index < -0.39 is 11.9 Å². The molecule has 3 heterocycles. The second-order valence-electron chi connectivity index (χ2n) is 9.38. The van der Waals surface area contributed by atoms with Crippen molar-refractivity contribution in [3.05, 3.63) is 93.5 Å². The molecule has 0 saturated heterocycles. The highest BCUT2D eigenvalue weighted by Gasteiger charge is 2.44. The predicted molar refractivity (Wildman–Crippen MR) is 138 cm³/mol. The number of fused-ring (bicyclic) bond motifs is 2. The normalized spacial score (nSPS) is 15.0. The lowest BCUT2D eigenvalue weighted by molar-refractivity contribution is 0.0970. The zero-order chi connectivity index (χ0) is 25.4. The molecule has 0 aliphatic carbocycles. The van der Waals surface area contributed by atoms with Crippen molar-refractivity contribution >= 4 is 22.7 Å². The van der Waals surface area contributed by atoms with Crippen LogP contribution in [0.25, 0.3) is 11.0 Å². The summed E-state index contributed by atoms with van der Waals surface area (Å²) in [4.78, 5) is 33.4. The maximum Gasteiger partial charge on any atom is 0.296 e. The minimum atomic E-state index is -0.734. The highest BCUT2D eigenvalue weighted by Crippen LogP contribution is 2.42. The van der Waals surface area contributed by atoms with Gasteiger partial charge in [0.05, 0.1) is 30.7 Å². The van der Waals surface area contributed by atoms with Gasteiger partial charge in [-0.3, -0.25) is 14.5 Å². The number of rotatable bonds is 7. The molecule has 184 valence electrons. The van der Waals surface area contributed by atoms with Gasteiger partial charge in [0.2, 0.25) is 5.76 Å². The minimum absolute atomic E-state index is 0.0299. The zero-order valence-corrected chi connectivity index (χ0v) is 20.8. The highest BCUT2D eigenvalue weighted by atomic mass is 16.5. The zero-order valence-electron chi connectivity index (χ0n) is 20.8. The maximum atomic E-state index is 13.7. The van der Waals surface area contributed by atoms with Crippen molar-refractivity contribution in [3.8, 4) is 11.5 Å². The summed E-state index contributed by atoms with van der Waals surface area (Å²) >= 11 is 0. The van der Waals surface area contributed by atoms with E-state index >= 15 is 0 Å². The van der Waals surface area contributed by atoms with Gasteiger partial charge < -0.3 is 13.9 Å². The molecule has 0 radical (unpaired) electrons. The topological polar surface area (TPSA) is 81.9 Å². The highest BCUT2D eigenvalue weighted by molar-refractivity contribution is 6.10. The molecule has 1 aliphatic rings. The Morgan fingerprint density at radius 2 is 1.86 bits per heavy atom. The van der Waals surface area contributed by atoms with E-state index in [0.717, 1.165) is 12.0 Å². The molecule has 2 aromatic carbocycles.